The molecule has 2 heterocycles. The monoisotopic (exact) mass is 240 g/mol. The van der Waals surface area contributed by atoms with Gasteiger partial charge in [-0.3, -0.25) is 4.68 Å². The van der Waals surface area contributed by atoms with Crippen LogP contribution in [0.5, 0.6) is 0 Å². The van der Waals surface area contributed by atoms with Crippen molar-refractivity contribution in [2.75, 3.05) is 23.7 Å². The van der Waals surface area contributed by atoms with E-state index in [0.29, 0.717) is 10.5 Å². The smallest absolute Gasteiger partial charge is 0.150 e. The van der Waals surface area contributed by atoms with Crippen LogP contribution < -0.4 is 10.6 Å². The normalized spacial score (nSPS) is 26.1. The Hall–Kier alpha value is -0.840. The molecule has 2 N–H and O–H groups in total. The van der Waals surface area contributed by atoms with Gasteiger partial charge in [-0.05, 0) is 6.92 Å². The summed E-state index contributed by atoms with van der Waals surface area (Å²) in [7, 11) is 1.97. The highest BCUT2D eigenvalue weighted by atomic mass is 32.2. The third-order valence-corrected chi connectivity index (χ3v) is 4.18. The molecule has 5 heteroatoms. The van der Waals surface area contributed by atoms with Gasteiger partial charge in [0.05, 0.1) is 11.4 Å². The molecule has 90 valence electrons. The number of hydrogen-bond acceptors (Lipinski definition) is 4. The van der Waals surface area contributed by atoms with Gasteiger partial charge >= 0.3 is 0 Å². The molecule has 1 aromatic heterocycles. The first-order valence-electron chi connectivity index (χ1n) is 5.68. The number of aryl methyl sites for hydroxylation is 2. The number of nitrogens with zero attached hydrogens (tertiary/aromatic N) is 3. The SMILES string of the molecule is Cc1nn(C)c(N2CC(C)SC(C)C2)c1N. The van der Waals surface area contributed by atoms with Gasteiger partial charge < -0.3 is 10.6 Å². The van der Waals surface area contributed by atoms with Crippen molar-refractivity contribution >= 4 is 23.3 Å². The Balaban J connectivity index is 2.29. The number of thioether (sulfide) groups is 1. The van der Waals surface area contributed by atoms with E-state index in [-0.39, 0.29) is 0 Å². The lowest BCUT2D eigenvalue weighted by Crippen LogP contribution is -2.41. The van der Waals surface area contributed by atoms with E-state index < -0.39 is 0 Å². The molecule has 0 bridgehead atoms. The molecule has 1 aliphatic rings. The lowest BCUT2D eigenvalue weighted by Gasteiger charge is -2.36. The zero-order chi connectivity index (χ0) is 11.9. The van der Waals surface area contributed by atoms with Crippen molar-refractivity contribution in [3.05, 3.63) is 5.69 Å². The van der Waals surface area contributed by atoms with Gasteiger partial charge in [-0.2, -0.15) is 16.9 Å². The van der Waals surface area contributed by atoms with Crippen LogP contribution in [-0.2, 0) is 7.05 Å². The van der Waals surface area contributed by atoms with Gasteiger partial charge in [-0.1, -0.05) is 13.8 Å². The van der Waals surface area contributed by atoms with Crippen molar-refractivity contribution in [1.82, 2.24) is 9.78 Å². The molecule has 16 heavy (non-hydrogen) atoms. The highest BCUT2D eigenvalue weighted by Crippen LogP contribution is 2.32. The zero-order valence-electron chi connectivity index (χ0n) is 10.4. The van der Waals surface area contributed by atoms with Gasteiger partial charge in [0, 0.05) is 30.6 Å². The molecular weight excluding hydrogens is 220 g/mol. The molecule has 2 atom stereocenters. The first kappa shape index (κ1) is 11.6. The molecule has 0 radical (unpaired) electrons. The fourth-order valence-electron chi connectivity index (χ4n) is 2.39. The second-order valence-corrected chi connectivity index (χ2v) is 6.49. The first-order valence-corrected chi connectivity index (χ1v) is 6.62. The molecule has 4 nitrogen and oxygen atoms in total. The number of nitrogens with two attached hydrogens (primary N) is 1. The molecule has 2 unspecified atom stereocenters. The van der Waals surface area contributed by atoms with Crippen molar-refractivity contribution in [3.63, 3.8) is 0 Å². The molecule has 0 saturated carbocycles. The predicted octanol–water partition coefficient (Wildman–Crippen LogP) is 1.64. The summed E-state index contributed by atoms with van der Waals surface area (Å²) in [6, 6.07) is 0. The van der Waals surface area contributed by atoms with Gasteiger partial charge in [0.1, 0.15) is 5.82 Å². The Labute approximate surface area is 101 Å². The molecule has 1 fully saturated rings. The summed E-state index contributed by atoms with van der Waals surface area (Å²) in [5.74, 6) is 1.08. The van der Waals surface area contributed by atoms with Gasteiger partial charge in [0.15, 0.2) is 0 Å². The molecule has 1 saturated heterocycles. The fourth-order valence-corrected chi connectivity index (χ4v) is 3.71. The van der Waals surface area contributed by atoms with Gasteiger partial charge in [-0.25, -0.2) is 0 Å². The van der Waals surface area contributed by atoms with E-state index in [0.717, 1.165) is 30.3 Å². The van der Waals surface area contributed by atoms with Gasteiger partial charge in [-0.15, -0.1) is 0 Å². The zero-order valence-corrected chi connectivity index (χ0v) is 11.2. The number of aromatic nitrogens is 2. The standard InChI is InChI=1S/C11H20N4S/c1-7-5-15(6-8(2)16-7)11-10(12)9(3)13-14(11)4/h7-8H,5-6,12H2,1-4H3. The third kappa shape index (κ3) is 2.00. The highest BCUT2D eigenvalue weighted by Gasteiger charge is 2.26. The average molecular weight is 240 g/mol. The van der Waals surface area contributed by atoms with Crippen molar-refractivity contribution in [2.24, 2.45) is 7.05 Å². The van der Waals surface area contributed by atoms with Gasteiger partial charge in [0.2, 0.25) is 0 Å². The molecular formula is C11H20N4S. The topological polar surface area (TPSA) is 47.1 Å². The molecule has 0 amide bonds. The number of anilines is 2. The largest absolute Gasteiger partial charge is 0.394 e. The van der Waals surface area contributed by atoms with E-state index in [1.165, 1.54) is 0 Å². The Morgan fingerprint density at radius 3 is 2.31 bits per heavy atom. The van der Waals surface area contributed by atoms with Crippen molar-refractivity contribution in [1.29, 1.82) is 0 Å². The lowest BCUT2D eigenvalue weighted by atomic mass is 10.3. The third-order valence-electron chi connectivity index (χ3n) is 2.96. The van der Waals surface area contributed by atoms with Crippen LogP contribution >= 0.6 is 11.8 Å². The molecule has 0 spiro atoms. The first-order chi connectivity index (χ1) is 7.49. The number of hydrogen-bond donors (Lipinski definition) is 1. The van der Waals surface area contributed by atoms with Crippen molar-refractivity contribution in [2.45, 2.75) is 31.3 Å². The molecule has 1 aliphatic heterocycles. The highest BCUT2D eigenvalue weighted by molar-refractivity contribution is 8.00. The van der Waals surface area contributed by atoms with Crippen LogP contribution in [0.4, 0.5) is 11.5 Å². The summed E-state index contributed by atoms with van der Waals surface area (Å²) in [5.41, 5.74) is 7.85. The number of rotatable bonds is 1. The lowest BCUT2D eigenvalue weighted by molar-refractivity contribution is 0.670. The van der Waals surface area contributed by atoms with Crippen LogP contribution in [0.1, 0.15) is 19.5 Å². The summed E-state index contributed by atoms with van der Waals surface area (Å²) < 4.78 is 1.90. The predicted molar refractivity (Wildman–Crippen MR) is 71.1 cm³/mol. The maximum Gasteiger partial charge on any atom is 0.150 e. The maximum atomic E-state index is 6.09. The summed E-state index contributed by atoms with van der Waals surface area (Å²) in [4.78, 5) is 2.36. The average Bonchev–Trinajstić information content (AvgIpc) is 2.39. The van der Waals surface area contributed by atoms with E-state index in [4.69, 9.17) is 5.73 Å². The van der Waals surface area contributed by atoms with E-state index in [1.54, 1.807) is 0 Å². The van der Waals surface area contributed by atoms with E-state index in [1.807, 2.05) is 30.4 Å². The maximum absolute atomic E-state index is 6.09. The summed E-state index contributed by atoms with van der Waals surface area (Å²) in [6.07, 6.45) is 0. The number of nitrogen functional groups attached to an aromatic ring is 1. The summed E-state index contributed by atoms with van der Waals surface area (Å²) >= 11 is 2.05. The van der Waals surface area contributed by atoms with Crippen LogP contribution in [0.3, 0.4) is 0 Å². The second kappa shape index (κ2) is 4.20. The Morgan fingerprint density at radius 2 is 1.88 bits per heavy atom. The summed E-state index contributed by atoms with van der Waals surface area (Å²) in [5, 5.41) is 5.68. The Bertz CT molecular complexity index is 378. The summed E-state index contributed by atoms with van der Waals surface area (Å²) in [6.45, 7) is 8.61. The van der Waals surface area contributed by atoms with Crippen LogP contribution in [0.2, 0.25) is 0 Å². The van der Waals surface area contributed by atoms with Crippen LogP contribution in [0, 0.1) is 6.92 Å². The van der Waals surface area contributed by atoms with E-state index >= 15 is 0 Å². The minimum absolute atomic E-state index is 0.651. The molecule has 2 rings (SSSR count). The Morgan fingerprint density at radius 1 is 1.31 bits per heavy atom. The fraction of sp³-hybridized carbons (Fsp3) is 0.727. The quantitative estimate of drug-likeness (QED) is 0.810. The minimum Gasteiger partial charge on any atom is -0.394 e. The second-order valence-electron chi connectivity index (χ2n) is 4.61. The van der Waals surface area contributed by atoms with Gasteiger partial charge in [0.25, 0.3) is 0 Å². The Kier molecular flexibility index (Phi) is 3.06. The van der Waals surface area contributed by atoms with Crippen LogP contribution in [-0.4, -0.2) is 33.4 Å². The van der Waals surface area contributed by atoms with Crippen LogP contribution in [0.25, 0.3) is 0 Å². The van der Waals surface area contributed by atoms with Crippen molar-refractivity contribution < 1.29 is 0 Å². The van der Waals surface area contributed by atoms with E-state index in [2.05, 4.69) is 23.8 Å². The van der Waals surface area contributed by atoms with Crippen LogP contribution in [0.15, 0.2) is 0 Å². The van der Waals surface area contributed by atoms with Crippen molar-refractivity contribution in [3.8, 4) is 0 Å². The molecule has 1 aromatic rings. The van der Waals surface area contributed by atoms with E-state index in [9.17, 15) is 0 Å². The molecule has 0 aromatic carbocycles. The molecule has 0 aliphatic carbocycles. The minimum atomic E-state index is 0.651.